The van der Waals surface area contributed by atoms with Gasteiger partial charge in [-0.1, -0.05) is 27.2 Å². The van der Waals surface area contributed by atoms with E-state index < -0.39 is 0 Å². The Morgan fingerprint density at radius 1 is 1.22 bits per heavy atom. The van der Waals surface area contributed by atoms with E-state index in [1.54, 1.807) is 0 Å². The number of nitrogens with zero attached hydrogens (tertiary/aromatic N) is 2. The van der Waals surface area contributed by atoms with Gasteiger partial charge in [0.05, 0.1) is 5.69 Å². The van der Waals surface area contributed by atoms with E-state index in [9.17, 15) is 0 Å². The number of nitrogens with one attached hydrogen (secondary N) is 1. The van der Waals surface area contributed by atoms with Gasteiger partial charge in [-0.3, -0.25) is 4.68 Å². The van der Waals surface area contributed by atoms with Crippen LogP contribution in [-0.4, -0.2) is 16.3 Å². The van der Waals surface area contributed by atoms with E-state index in [-0.39, 0.29) is 0 Å². The minimum absolute atomic E-state index is 0.394. The van der Waals surface area contributed by atoms with Crippen LogP contribution in [0.15, 0.2) is 0 Å². The molecule has 0 aliphatic carbocycles. The third kappa shape index (κ3) is 3.58. The van der Waals surface area contributed by atoms with Crippen molar-refractivity contribution in [1.29, 1.82) is 0 Å². The quantitative estimate of drug-likeness (QED) is 0.802. The van der Waals surface area contributed by atoms with Crippen LogP contribution in [-0.2, 0) is 6.54 Å². The molecule has 0 aliphatic rings. The highest BCUT2D eigenvalue weighted by Crippen LogP contribution is 2.22. The van der Waals surface area contributed by atoms with Gasteiger partial charge in [0.25, 0.3) is 0 Å². The molecule has 1 N–H and O–H groups in total. The van der Waals surface area contributed by atoms with Crippen molar-refractivity contribution in [3.63, 3.8) is 0 Å². The van der Waals surface area contributed by atoms with Crippen molar-refractivity contribution >= 4 is 0 Å². The Kier molecular flexibility index (Phi) is 5.86. The molecule has 0 aromatic carbocycles. The molecule has 3 nitrogen and oxygen atoms in total. The van der Waals surface area contributed by atoms with Gasteiger partial charge in [0.1, 0.15) is 0 Å². The lowest BCUT2D eigenvalue weighted by atomic mass is 10.1. The first-order chi connectivity index (χ1) is 8.51. The van der Waals surface area contributed by atoms with Crippen LogP contribution in [0.3, 0.4) is 0 Å². The second-order valence-corrected chi connectivity index (χ2v) is 5.44. The second-order valence-electron chi connectivity index (χ2n) is 5.44. The summed E-state index contributed by atoms with van der Waals surface area (Å²) in [6, 6.07) is 0.394. The molecule has 1 heterocycles. The SMILES string of the molecule is CCCC(C)Cn1nc(C)c(C(C)NCC)c1C. The zero-order valence-electron chi connectivity index (χ0n) is 12.9. The summed E-state index contributed by atoms with van der Waals surface area (Å²) in [6.07, 6.45) is 2.53. The highest BCUT2D eigenvalue weighted by atomic mass is 15.3. The highest BCUT2D eigenvalue weighted by molar-refractivity contribution is 5.27. The number of aromatic nitrogens is 2. The van der Waals surface area contributed by atoms with E-state index >= 15 is 0 Å². The molecule has 1 rings (SSSR count). The zero-order chi connectivity index (χ0) is 13.7. The van der Waals surface area contributed by atoms with Crippen LogP contribution < -0.4 is 5.32 Å². The lowest BCUT2D eigenvalue weighted by molar-refractivity contribution is 0.413. The summed E-state index contributed by atoms with van der Waals surface area (Å²) >= 11 is 0. The summed E-state index contributed by atoms with van der Waals surface area (Å²) in [5.74, 6) is 0.704. The number of hydrogen-bond acceptors (Lipinski definition) is 2. The third-order valence-electron chi connectivity index (χ3n) is 3.65. The summed E-state index contributed by atoms with van der Waals surface area (Å²) in [4.78, 5) is 0. The van der Waals surface area contributed by atoms with Crippen molar-refractivity contribution in [3.05, 3.63) is 17.0 Å². The maximum Gasteiger partial charge on any atom is 0.0644 e. The Bertz CT molecular complexity index is 368. The van der Waals surface area contributed by atoms with E-state index in [2.05, 4.69) is 51.5 Å². The molecule has 0 aliphatic heterocycles. The molecule has 18 heavy (non-hydrogen) atoms. The topological polar surface area (TPSA) is 29.9 Å². The Hall–Kier alpha value is -0.830. The minimum Gasteiger partial charge on any atom is -0.310 e. The molecule has 0 bridgehead atoms. The molecule has 0 amide bonds. The minimum atomic E-state index is 0.394. The highest BCUT2D eigenvalue weighted by Gasteiger charge is 2.17. The van der Waals surface area contributed by atoms with Crippen LogP contribution in [0.1, 0.15) is 63.5 Å². The molecule has 0 spiro atoms. The van der Waals surface area contributed by atoms with E-state index in [4.69, 9.17) is 5.10 Å². The Labute approximate surface area is 112 Å². The lowest BCUT2D eigenvalue weighted by Crippen LogP contribution is -2.19. The summed E-state index contributed by atoms with van der Waals surface area (Å²) in [7, 11) is 0. The number of hydrogen-bond donors (Lipinski definition) is 1. The van der Waals surface area contributed by atoms with Crippen LogP contribution in [0.25, 0.3) is 0 Å². The normalized spacial score (nSPS) is 14.8. The van der Waals surface area contributed by atoms with Gasteiger partial charge in [-0.05, 0) is 39.7 Å². The van der Waals surface area contributed by atoms with Crippen LogP contribution in [0, 0.1) is 19.8 Å². The average molecular weight is 251 g/mol. The zero-order valence-corrected chi connectivity index (χ0v) is 12.9. The van der Waals surface area contributed by atoms with Crippen molar-refractivity contribution in [2.75, 3.05) is 6.54 Å². The summed E-state index contributed by atoms with van der Waals surface area (Å²) in [5.41, 5.74) is 3.87. The molecule has 2 unspecified atom stereocenters. The van der Waals surface area contributed by atoms with Crippen LogP contribution in [0.5, 0.6) is 0 Å². The van der Waals surface area contributed by atoms with Gasteiger partial charge in [-0.15, -0.1) is 0 Å². The van der Waals surface area contributed by atoms with E-state index in [0.717, 1.165) is 13.1 Å². The van der Waals surface area contributed by atoms with Crippen LogP contribution in [0.4, 0.5) is 0 Å². The van der Waals surface area contributed by atoms with Gasteiger partial charge >= 0.3 is 0 Å². The molecule has 0 saturated heterocycles. The Morgan fingerprint density at radius 2 is 1.89 bits per heavy atom. The predicted octanol–water partition coefficient (Wildman–Crippen LogP) is 3.61. The molecular weight excluding hydrogens is 222 g/mol. The molecule has 0 fully saturated rings. The number of rotatable bonds is 7. The number of aryl methyl sites for hydroxylation is 1. The molecule has 1 aromatic rings. The predicted molar refractivity (Wildman–Crippen MR) is 77.9 cm³/mol. The largest absolute Gasteiger partial charge is 0.310 e. The van der Waals surface area contributed by atoms with Crippen LogP contribution in [0.2, 0.25) is 0 Å². The fourth-order valence-corrected chi connectivity index (χ4v) is 2.80. The Morgan fingerprint density at radius 3 is 2.44 bits per heavy atom. The molecule has 2 atom stereocenters. The third-order valence-corrected chi connectivity index (χ3v) is 3.65. The summed E-state index contributed by atoms with van der Waals surface area (Å²) < 4.78 is 2.19. The standard InChI is InChI=1S/C15H29N3/c1-7-9-11(3)10-18-14(6)15(13(5)17-18)12(4)16-8-2/h11-12,16H,7-10H2,1-6H3. The summed E-state index contributed by atoms with van der Waals surface area (Å²) in [5, 5.41) is 8.19. The van der Waals surface area contributed by atoms with Crippen molar-refractivity contribution in [1.82, 2.24) is 15.1 Å². The average Bonchev–Trinajstić information content (AvgIpc) is 2.54. The molecular formula is C15H29N3. The van der Waals surface area contributed by atoms with Crippen molar-refractivity contribution < 1.29 is 0 Å². The first-order valence-electron chi connectivity index (χ1n) is 7.28. The second kappa shape index (κ2) is 6.93. The molecule has 0 radical (unpaired) electrons. The molecule has 3 heteroatoms. The molecule has 0 saturated carbocycles. The van der Waals surface area contributed by atoms with Gasteiger partial charge in [0.15, 0.2) is 0 Å². The fourth-order valence-electron chi connectivity index (χ4n) is 2.80. The first-order valence-corrected chi connectivity index (χ1v) is 7.28. The van der Waals surface area contributed by atoms with Crippen molar-refractivity contribution in [2.24, 2.45) is 5.92 Å². The lowest BCUT2D eigenvalue weighted by Gasteiger charge is -2.15. The van der Waals surface area contributed by atoms with Gasteiger partial charge in [0, 0.05) is 23.8 Å². The Balaban J connectivity index is 2.86. The van der Waals surface area contributed by atoms with Crippen molar-refractivity contribution in [3.8, 4) is 0 Å². The van der Waals surface area contributed by atoms with Crippen LogP contribution >= 0.6 is 0 Å². The summed E-state index contributed by atoms with van der Waals surface area (Å²) in [6.45, 7) is 15.3. The van der Waals surface area contributed by atoms with Gasteiger partial charge < -0.3 is 5.32 Å². The smallest absolute Gasteiger partial charge is 0.0644 e. The molecule has 1 aromatic heterocycles. The fraction of sp³-hybridized carbons (Fsp3) is 0.800. The maximum atomic E-state index is 4.71. The van der Waals surface area contributed by atoms with Gasteiger partial charge in [-0.25, -0.2) is 0 Å². The first kappa shape index (κ1) is 15.2. The van der Waals surface area contributed by atoms with Gasteiger partial charge in [-0.2, -0.15) is 5.10 Å². The van der Waals surface area contributed by atoms with Crippen molar-refractivity contribution in [2.45, 2.75) is 67.0 Å². The molecule has 104 valence electrons. The van der Waals surface area contributed by atoms with Gasteiger partial charge in [0.2, 0.25) is 0 Å². The van der Waals surface area contributed by atoms with E-state index in [1.807, 2.05) is 0 Å². The maximum absolute atomic E-state index is 4.71. The van der Waals surface area contributed by atoms with E-state index in [0.29, 0.717) is 12.0 Å². The monoisotopic (exact) mass is 251 g/mol. The van der Waals surface area contributed by atoms with E-state index in [1.165, 1.54) is 29.8 Å².